The molecular formula is C11H19Cl2N3O. The molecule has 4 nitrogen and oxygen atoms in total. The van der Waals surface area contributed by atoms with E-state index in [1.807, 2.05) is 26.0 Å². The molecule has 0 aliphatic carbocycles. The summed E-state index contributed by atoms with van der Waals surface area (Å²) in [6.45, 7) is 4.62. The number of nitrogens with one attached hydrogen (secondary N) is 1. The van der Waals surface area contributed by atoms with Crippen LogP contribution in [0.25, 0.3) is 0 Å². The van der Waals surface area contributed by atoms with E-state index in [1.165, 1.54) is 0 Å². The lowest BCUT2D eigenvalue weighted by atomic mass is 10.1. The molecule has 98 valence electrons. The maximum atomic E-state index is 11.4. The van der Waals surface area contributed by atoms with E-state index in [2.05, 4.69) is 10.3 Å². The third-order valence-electron chi connectivity index (χ3n) is 2.24. The van der Waals surface area contributed by atoms with Crippen LogP contribution in [0, 0.1) is 12.8 Å². The molecule has 1 unspecified atom stereocenters. The number of hydrogen-bond donors (Lipinski definition) is 2. The molecule has 0 spiro atoms. The van der Waals surface area contributed by atoms with Crippen LogP contribution in [0.15, 0.2) is 18.3 Å². The number of halogens is 2. The second kappa shape index (κ2) is 9.22. The summed E-state index contributed by atoms with van der Waals surface area (Å²) in [4.78, 5) is 15.5. The molecule has 0 bridgehead atoms. The fourth-order valence-electron chi connectivity index (χ4n) is 1.07. The molecule has 6 heteroatoms. The predicted molar refractivity (Wildman–Crippen MR) is 73.5 cm³/mol. The highest BCUT2D eigenvalue weighted by molar-refractivity contribution is 5.85. The SMILES string of the molecule is Cc1ccc(CNC(=O)C(C)CN)cn1.Cl.Cl. The molecule has 0 fully saturated rings. The number of pyridine rings is 1. The highest BCUT2D eigenvalue weighted by atomic mass is 35.5. The van der Waals surface area contributed by atoms with Gasteiger partial charge in [-0.1, -0.05) is 13.0 Å². The predicted octanol–water partition coefficient (Wildman–Crippen LogP) is 1.44. The largest absolute Gasteiger partial charge is 0.352 e. The number of aryl methyl sites for hydroxylation is 1. The third-order valence-corrected chi connectivity index (χ3v) is 2.24. The van der Waals surface area contributed by atoms with Gasteiger partial charge in [0.15, 0.2) is 0 Å². The van der Waals surface area contributed by atoms with Gasteiger partial charge in [0.1, 0.15) is 0 Å². The van der Waals surface area contributed by atoms with E-state index in [4.69, 9.17) is 5.73 Å². The van der Waals surface area contributed by atoms with Gasteiger partial charge >= 0.3 is 0 Å². The Morgan fingerprint density at radius 3 is 2.59 bits per heavy atom. The molecule has 1 aromatic heterocycles. The van der Waals surface area contributed by atoms with E-state index in [-0.39, 0.29) is 36.6 Å². The first-order valence-corrected chi connectivity index (χ1v) is 5.02. The van der Waals surface area contributed by atoms with Gasteiger partial charge in [-0.15, -0.1) is 24.8 Å². The number of aromatic nitrogens is 1. The van der Waals surface area contributed by atoms with Crippen LogP contribution in [0.1, 0.15) is 18.2 Å². The van der Waals surface area contributed by atoms with E-state index in [0.717, 1.165) is 11.3 Å². The number of amides is 1. The van der Waals surface area contributed by atoms with Crippen molar-refractivity contribution in [3.05, 3.63) is 29.6 Å². The number of carbonyl (C=O) groups is 1. The molecule has 1 heterocycles. The van der Waals surface area contributed by atoms with Crippen LogP contribution < -0.4 is 11.1 Å². The summed E-state index contributed by atoms with van der Waals surface area (Å²) < 4.78 is 0. The molecule has 1 atom stereocenters. The molecule has 0 radical (unpaired) electrons. The van der Waals surface area contributed by atoms with Crippen molar-refractivity contribution in [2.45, 2.75) is 20.4 Å². The first-order valence-electron chi connectivity index (χ1n) is 5.02. The Morgan fingerprint density at radius 1 is 1.47 bits per heavy atom. The zero-order valence-corrected chi connectivity index (χ0v) is 11.6. The Balaban J connectivity index is 0. The lowest BCUT2D eigenvalue weighted by Crippen LogP contribution is -2.32. The van der Waals surface area contributed by atoms with E-state index in [0.29, 0.717) is 13.1 Å². The van der Waals surface area contributed by atoms with Gasteiger partial charge < -0.3 is 11.1 Å². The fraction of sp³-hybridized carbons (Fsp3) is 0.455. The Morgan fingerprint density at radius 2 is 2.12 bits per heavy atom. The van der Waals surface area contributed by atoms with Crippen molar-refractivity contribution in [3.8, 4) is 0 Å². The number of rotatable bonds is 4. The first kappa shape index (κ1) is 18.5. The van der Waals surface area contributed by atoms with Crippen molar-refractivity contribution in [2.75, 3.05) is 6.54 Å². The summed E-state index contributed by atoms with van der Waals surface area (Å²) in [6, 6.07) is 3.88. The fourth-order valence-corrected chi connectivity index (χ4v) is 1.07. The van der Waals surface area contributed by atoms with Crippen LogP contribution in [-0.2, 0) is 11.3 Å². The molecule has 17 heavy (non-hydrogen) atoms. The lowest BCUT2D eigenvalue weighted by molar-refractivity contribution is -0.124. The average Bonchev–Trinajstić information content (AvgIpc) is 2.26. The van der Waals surface area contributed by atoms with E-state index < -0.39 is 0 Å². The van der Waals surface area contributed by atoms with Gasteiger partial charge in [0, 0.05) is 30.9 Å². The highest BCUT2D eigenvalue weighted by Crippen LogP contribution is 1.99. The summed E-state index contributed by atoms with van der Waals surface area (Å²) in [5.41, 5.74) is 7.36. The number of nitrogens with zero attached hydrogens (tertiary/aromatic N) is 1. The van der Waals surface area contributed by atoms with Gasteiger partial charge in [-0.2, -0.15) is 0 Å². The van der Waals surface area contributed by atoms with Crippen LogP contribution in [0.4, 0.5) is 0 Å². The Bertz CT molecular complexity index is 330. The minimum absolute atomic E-state index is 0. The zero-order chi connectivity index (χ0) is 11.3. The number of nitrogens with two attached hydrogens (primary N) is 1. The van der Waals surface area contributed by atoms with Gasteiger partial charge in [0.2, 0.25) is 5.91 Å². The van der Waals surface area contributed by atoms with Crippen LogP contribution in [0.2, 0.25) is 0 Å². The van der Waals surface area contributed by atoms with E-state index >= 15 is 0 Å². The summed E-state index contributed by atoms with van der Waals surface area (Å²) >= 11 is 0. The molecule has 0 saturated carbocycles. The summed E-state index contributed by atoms with van der Waals surface area (Å²) in [6.07, 6.45) is 1.77. The maximum Gasteiger partial charge on any atom is 0.224 e. The van der Waals surface area contributed by atoms with Crippen LogP contribution in [0.5, 0.6) is 0 Å². The molecule has 3 N–H and O–H groups in total. The molecule has 1 amide bonds. The van der Waals surface area contributed by atoms with Crippen molar-refractivity contribution < 1.29 is 4.79 Å². The molecule has 1 rings (SSSR count). The van der Waals surface area contributed by atoms with Crippen molar-refractivity contribution in [1.29, 1.82) is 0 Å². The highest BCUT2D eigenvalue weighted by Gasteiger charge is 2.09. The average molecular weight is 280 g/mol. The van der Waals surface area contributed by atoms with Gasteiger partial charge in [-0.3, -0.25) is 9.78 Å². The quantitative estimate of drug-likeness (QED) is 0.877. The minimum Gasteiger partial charge on any atom is -0.352 e. The minimum atomic E-state index is -0.136. The van der Waals surface area contributed by atoms with Gasteiger partial charge in [0.05, 0.1) is 0 Å². The van der Waals surface area contributed by atoms with Crippen molar-refractivity contribution >= 4 is 30.7 Å². The summed E-state index contributed by atoms with van der Waals surface area (Å²) in [5, 5.41) is 2.81. The lowest BCUT2D eigenvalue weighted by Gasteiger charge is -2.09. The maximum absolute atomic E-state index is 11.4. The van der Waals surface area contributed by atoms with Crippen LogP contribution in [-0.4, -0.2) is 17.4 Å². The van der Waals surface area contributed by atoms with E-state index in [9.17, 15) is 4.79 Å². The topological polar surface area (TPSA) is 68.0 Å². The smallest absolute Gasteiger partial charge is 0.224 e. The molecule has 0 aliphatic heterocycles. The summed E-state index contributed by atoms with van der Waals surface area (Å²) in [7, 11) is 0. The van der Waals surface area contributed by atoms with Crippen molar-refractivity contribution in [1.82, 2.24) is 10.3 Å². The first-order chi connectivity index (χ1) is 7.13. The van der Waals surface area contributed by atoms with Gasteiger partial charge in [0.25, 0.3) is 0 Å². The third kappa shape index (κ3) is 6.46. The second-order valence-corrected chi connectivity index (χ2v) is 3.66. The molecule has 0 aliphatic rings. The molecule has 0 aromatic carbocycles. The van der Waals surface area contributed by atoms with Gasteiger partial charge in [-0.25, -0.2) is 0 Å². The van der Waals surface area contributed by atoms with Crippen molar-refractivity contribution in [2.24, 2.45) is 11.7 Å². The Kier molecular flexibility index (Phi) is 10.0. The Hall–Kier alpha value is -0.840. The number of carbonyl (C=O) groups excluding carboxylic acids is 1. The van der Waals surface area contributed by atoms with Crippen LogP contribution in [0.3, 0.4) is 0 Å². The summed E-state index contributed by atoms with van der Waals surface area (Å²) in [5.74, 6) is -0.151. The number of hydrogen-bond acceptors (Lipinski definition) is 3. The molecule has 1 aromatic rings. The Labute approximate surface area is 114 Å². The second-order valence-electron chi connectivity index (χ2n) is 3.66. The monoisotopic (exact) mass is 279 g/mol. The normalized spacial score (nSPS) is 10.8. The van der Waals surface area contributed by atoms with Crippen molar-refractivity contribution in [3.63, 3.8) is 0 Å². The zero-order valence-electron chi connectivity index (χ0n) is 9.97. The molecule has 0 saturated heterocycles. The molecular weight excluding hydrogens is 261 g/mol. The van der Waals surface area contributed by atoms with E-state index in [1.54, 1.807) is 6.20 Å². The van der Waals surface area contributed by atoms with Crippen LogP contribution >= 0.6 is 24.8 Å². The standard InChI is InChI=1S/C11H17N3O.2ClH/c1-8(5-12)11(15)14-7-10-4-3-9(2)13-6-10;;/h3-4,6,8H,5,7,12H2,1-2H3,(H,14,15);2*1H. The van der Waals surface area contributed by atoms with Gasteiger partial charge in [-0.05, 0) is 18.6 Å².